The maximum absolute atomic E-state index is 13.4. The van der Waals surface area contributed by atoms with Gasteiger partial charge in [0.25, 0.3) is 11.8 Å². The first-order valence-corrected chi connectivity index (χ1v) is 18.2. The molecule has 2 amide bonds. The van der Waals surface area contributed by atoms with E-state index in [1.54, 1.807) is 12.1 Å². The number of carbonyl (C=O) groups excluding carboxylic acids is 2. The number of benzene rings is 2. The zero-order valence-electron chi connectivity index (χ0n) is 30.2. The van der Waals surface area contributed by atoms with E-state index < -0.39 is 5.82 Å². The lowest BCUT2D eigenvalue weighted by Gasteiger charge is -2.42. The van der Waals surface area contributed by atoms with E-state index in [0.29, 0.717) is 40.2 Å². The highest BCUT2D eigenvalue weighted by Gasteiger charge is 2.35. The highest BCUT2D eigenvalue weighted by Crippen LogP contribution is 2.42. The molecular weight excluding hydrogens is 668 g/mol. The number of amides is 2. The Morgan fingerprint density at radius 2 is 1.53 bits per heavy atom. The number of piperidine rings is 1. The van der Waals surface area contributed by atoms with Gasteiger partial charge >= 0.3 is 0 Å². The van der Waals surface area contributed by atoms with Crippen LogP contribution >= 0.6 is 0 Å². The minimum atomic E-state index is -0.407. The van der Waals surface area contributed by atoms with Gasteiger partial charge in [0.2, 0.25) is 0 Å². The lowest BCUT2D eigenvalue weighted by Crippen LogP contribution is -2.38. The second-order valence-electron chi connectivity index (χ2n) is 13.7. The number of anilines is 1. The highest BCUT2D eigenvalue weighted by atomic mass is 19.1. The van der Waals surface area contributed by atoms with E-state index >= 15 is 0 Å². The predicted molar refractivity (Wildman–Crippen MR) is 204 cm³/mol. The third kappa shape index (κ3) is 7.71. The minimum absolute atomic E-state index is 0.211. The topological polar surface area (TPSA) is 129 Å². The molecule has 1 aliphatic rings. The van der Waals surface area contributed by atoms with Gasteiger partial charge in [-0.2, -0.15) is 0 Å². The lowest BCUT2D eigenvalue weighted by atomic mass is 9.88. The van der Waals surface area contributed by atoms with Crippen LogP contribution in [0.5, 0.6) is 0 Å². The average molecular weight is 711 g/mol. The van der Waals surface area contributed by atoms with Crippen LogP contribution < -0.4 is 10.6 Å². The van der Waals surface area contributed by atoms with Gasteiger partial charge in [0.1, 0.15) is 23.5 Å². The number of likely N-dealkylation sites (tertiary alicyclic amines) is 1. The summed E-state index contributed by atoms with van der Waals surface area (Å²) in [6, 6.07) is 21.4. The molecule has 11 heteroatoms. The van der Waals surface area contributed by atoms with E-state index in [1.807, 2.05) is 43.6 Å². The van der Waals surface area contributed by atoms with Crippen molar-refractivity contribution in [3.63, 3.8) is 0 Å². The van der Waals surface area contributed by atoms with E-state index in [2.05, 4.69) is 56.5 Å². The third-order valence-corrected chi connectivity index (χ3v) is 10.2. The molecule has 2 aromatic carbocycles. The first-order valence-electron chi connectivity index (χ1n) is 18.2. The second-order valence-corrected chi connectivity index (χ2v) is 13.7. The maximum atomic E-state index is 13.4. The first kappa shape index (κ1) is 35.6. The Balaban J connectivity index is 1.02. The Morgan fingerprint density at radius 3 is 2.21 bits per heavy atom. The van der Waals surface area contributed by atoms with Crippen molar-refractivity contribution in [3.05, 3.63) is 137 Å². The summed E-state index contributed by atoms with van der Waals surface area (Å²) in [5.41, 5.74) is 8.79. The molecule has 0 bridgehead atoms. The summed E-state index contributed by atoms with van der Waals surface area (Å²) in [5, 5.41) is 6.71. The third-order valence-electron chi connectivity index (χ3n) is 10.2. The number of hydrogen-bond acceptors (Lipinski definition) is 7. The predicted octanol–water partition coefficient (Wildman–Crippen LogP) is 8.21. The van der Waals surface area contributed by atoms with E-state index in [9.17, 15) is 14.0 Å². The number of halogens is 1. The van der Waals surface area contributed by atoms with Gasteiger partial charge in [-0.25, -0.2) is 14.4 Å². The van der Waals surface area contributed by atoms with Crippen LogP contribution in [-0.4, -0.2) is 54.7 Å². The Hall–Kier alpha value is -5.81. The quantitative estimate of drug-likeness (QED) is 0.116. The molecule has 10 nitrogen and oxygen atoms in total. The second kappa shape index (κ2) is 15.8. The standard InChI is InChI=1S/C42H43FN8O2/c1-26-10-8-21-44-37(26)35-14-7-15-36(38-27(2)11-9-22-45-38)51(35)23-5-4-20-46-42(53)34-24-32-39(47-25-48-40(32)49-34)31-12-6-13-33(28(31)3)50-41(52)29-16-18-30(43)19-17-29/h6,8-13,16-19,21-22,24-25,35-36H,4-5,7,14-15,20,23H2,1-3H3,(H,46,53)(H,50,52)(H,47,48,49)/t35-,36+. The van der Waals surface area contributed by atoms with Gasteiger partial charge in [-0.3, -0.25) is 24.5 Å². The number of unbranched alkanes of at least 4 members (excludes halogenated alkanes) is 1. The Labute approximate surface area is 308 Å². The van der Waals surface area contributed by atoms with Crippen LogP contribution in [0, 0.1) is 26.6 Å². The molecule has 0 aliphatic carbocycles. The van der Waals surface area contributed by atoms with Gasteiger partial charge in [0.05, 0.1) is 29.2 Å². The summed E-state index contributed by atoms with van der Waals surface area (Å²) in [4.78, 5) is 50.6. The summed E-state index contributed by atoms with van der Waals surface area (Å²) >= 11 is 0. The monoisotopic (exact) mass is 710 g/mol. The molecule has 1 aliphatic heterocycles. The Morgan fingerprint density at radius 1 is 0.830 bits per heavy atom. The van der Waals surface area contributed by atoms with Crippen molar-refractivity contribution in [3.8, 4) is 11.3 Å². The first-order chi connectivity index (χ1) is 25.8. The molecule has 270 valence electrons. The fourth-order valence-electron chi connectivity index (χ4n) is 7.46. The van der Waals surface area contributed by atoms with Crippen LogP contribution in [0.4, 0.5) is 10.1 Å². The molecule has 3 N–H and O–H groups in total. The van der Waals surface area contributed by atoms with E-state index in [0.717, 1.165) is 61.2 Å². The Bertz CT molecular complexity index is 2200. The van der Waals surface area contributed by atoms with Crippen LogP contribution in [0.1, 0.15) is 93.1 Å². The van der Waals surface area contributed by atoms with Crippen LogP contribution in [0.2, 0.25) is 0 Å². The van der Waals surface area contributed by atoms with Gasteiger partial charge in [0, 0.05) is 41.1 Å². The number of aromatic nitrogens is 5. The summed E-state index contributed by atoms with van der Waals surface area (Å²) < 4.78 is 13.4. The van der Waals surface area contributed by atoms with E-state index in [1.165, 1.54) is 41.7 Å². The number of H-pyrrole nitrogens is 1. The SMILES string of the molecule is Cc1cccnc1[C@H]1CCC[C@@H](c2ncccc2C)N1CCCCNC(=O)c1cc2c(-c3cccc(NC(=O)c4ccc(F)cc4)c3C)ncnc2[nH]1. The van der Waals surface area contributed by atoms with Gasteiger partial charge in [-0.1, -0.05) is 24.3 Å². The van der Waals surface area contributed by atoms with Crippen LogP contribution in [-0.2, 0) is 0 Å². The summed E-state index contributed by atoms with van der Waals surface area (Å²) in [6.07, 6.45) is 10.2. The molecule has 0 spiro atoms. The van der Waals surface area contributed by atoms with Crippen LogP contribution in [0.25, 0.3) is 22.3 Å². The molecule has 4 aromatic heterocycles. The van der Waals surface area contributed by atoms with Crippen molar-refractivity contribution in [1.82, 2.24) is 35.1 Å². The summed E-state index contributed by atoms with van der Waals surface area (Å²) in [7, 11) is 0. The Kier molecular flexibility index (Phi) is 10.6. The zero-order valence-corrected chi connectivity index (χ0v) is 30.2. The largest absolute Gasteiger partial charge is 0.351 e. The fraction of sp³-hybridized carbons (Fsp3) is 0.286. The van der Waals surface area contributed by atoms with Crippen LogP contribution in [0.3, 0.4) is 0 Å². The number of fused-ring (bicyclic) bond motifs is 1. The van der Waals surface area contributed by atoms with Crippen molar-refractivity contribution in [2.75, 3.05) is 18.4 Å². The minimum Gasteiger partial charge on any atom is -0.351 e. The number of nitrogens with zero attached hydrogens (tertiary/aromatic N) is 5. The molecule has 53 heavy (non-hydrogen) atoms. The van der Waals surface area contributed by atoms with Crippen molar-refractivity contribution in [2.45, 2.75) is 65.0 Å². The number of pyridine rings is 2. The molecule has 7 rings (SSSR count). The normalized spacial score (nSPS) is 16.1. The molecule has 2 atom stereocenters. The van der Waals surface area contributed by atoms with Gasteiger partial charge < -0.3 is 15.6 Å². The van der Waals surface area contributed by atoms with Crippen molar-refractivity contribution < 1.29 is 14.0 Å². The summed E-state index contributed by atoms with van der Waals surface area (Å²) in [6.45, 7) is 7.56. The summed E-state index contributed by atoms with van der Waals surface area (Å²) in [5.74, 6) is -0.968. The molecule has 0 radical (unpaired) electrons. The number of aryl methyl sites for hydroxylation is 2. The van der Waals surface area contributed by atoms with E-state index in [-0.39, 0.29) is 23.9 Å². The van der Waals surface area contributed by atoms with Gasteiger partial charge in [-0.15, -0.1) is 0 Å². The molecule has 6 aromatic rings. The van der Waals surface area contributed by atoms with Crippen molar-refractivity contribution in [2.24, 2.45) is 0 Å². The lowest BCUT2D eigenvalue weighted by molar-refractivity contribution is 0.0740. The van der Waals surface area contributed by atoms with Crippen molar-refractivity contribution in [1.29, 1.82) is 0 Å². The van der Waals surface area contributed by atoms with Gasteiger partial charge in [0.15, 0.2) is 0 Å². The molecule has 0 unspecified atom stereocenters. The highest BCUT2D eigenvalue weighted by molar-refractivity contribution is 6.06. The van der Waals surface area contributed by atoms with Crippen LogP contribution in [0.15, 0.2) is 91.5 Å². The molecule has 1 saturated heterocycles. The fourth-order valence-corrected chi connectivity index (χ4v) is 7.46. The molecular formula is C42H43FN8O2. The molecule has 1 fully saturated rings. The van der Waals surface area contributed by atoms with Crippen molar-refractivity contribution >= 4 is 28.5 Å². The number of nitrogens with one attached hydrogen (secondary N) is 3. The molecule has 5 heterocycles. The smallest absolute Gasteiger partial charge is 0.267 e. The number of carbonyl (C=O) groups is 2. The zero-order chi connectivity index (χ0) is 36.9. The van der Waals surface area contributed by atoms with E-state index in [4.69, 9.17) is 9.97 Å². The number of hydrogen-bond donors (Lipinski definition) is 3. The molecule has 0 saturated carbocycles. The average Bonchev–Trinajstić information content (AvgIpc) is 3.62. The number of rotatable bonds is 11. The number of aromatic amines is 1. The maximum Gasteiger partial charge on any atom is 0.267 e. The van der Waals surface area contributed by atoms with Gasteiger partial charge in [-0.05, 0) is 125 Å².